The first-order valence-corrected chi connectivity index (χ1v) is 8.88. The minimum Gasteiger partial charge on any atom is -0.395 e. The van der Waals surface area contributed by atoms with Crippen LogP contribution in [-0.4, -0.2) is 40.9 Å². The van der Waals surface area contributed by atoms with Gasteiger partial charge in [0.05, 0.1) is 12.4 Å². The summed E-state index contributed by atoms with van der Waals surface area (Å²) in [6.45, 7) is 4.59. The Labute approximate surface area is 136 Å². The molecule has 5 heteroatoms. The molecular formula is C16H24ClNO2S. The van der Waals surface area contributed by atoms with Crippen molar-refractivity contribution < 1.29 is 9.90 Å². The Morgan fingerprint density at radius 3 is 2.43 bits per heavy atom. The van der Waals surface area contributed by atoms with Crippen molar-refractivity contribution in [2.75, 3.05) is 18.9 Å². The number of thioether (sulfide) groups is 1. The average Bonchev–Trinajstić information content (AvgIpc) is 2.49. The van der Waals surface area contributed by atoms with Gasteiger partial charge in [-0.05, 0) is 30.5 Å². The van der Waals surface area contributed by atoms with Crippen molar-refractivity contribution in [1.82, 2.24) is 4.90 Å². The first-order chi connectivity index (χ1) is 10.1. The number of halogens is 1. The Balaban J connectivity index is 2.47. The van der Waals surface area contributed by atoms with Gasteiger partial charge >= 0.3 is 0 Å². The van der Waals surface area contributed by atoms with E-state index in [1.807, 2.05) is 29.2 Å². The highest BCUT2D eigenvalue weighted by molar-refractivity contribution is 7.99. The molecule has 0 bridgehead atoms. The fraction of sp³-hybridized carbons (Fsp3) is 0.562. The maximum Gasteiger partial charge on any atom is 0.232 e. The molecule has 1 N–H and O–H groups in total. The average molecular weight is 330 g/mol. The highest BCUT2D eigenvalue weighted by Gasteiger charge is 2.20. The van der Waals surface area contributed by atoms with E-state index >= 15 is 0 Å². The first kappa shape index (κ1) is 18.3. The normalized spacial score (nSPS) is 10.9. The largest absolute Gasteiger partial charge is 0.395 e. The van der Waals surface area contributed by atoms with Crippen molar-refractivity contribution in [2.45, 2.75) is 38.5 Å². The van der Waals surface area contributed by atoms with Crippen molar-refractivity contribution in [1.29, 1.82) is 0 Å². The summed E-state index contributed by atoms with van der Waals surface area (Å²) in [4.78, 5) is 14.1. The summed E-state index contributed by atoms with van der Waals surface area (Å²) in [5, 5.41) is 9.87. The molecule has 0 saturated carbocycles. The number of hydrogen-bond acceptors (Lipinski definition) is 3. The van der Waals surface area contributed by atoms with Crippen molar-refractivity contribution in [3.63, 3.8) is 0 Å². The summed E-state index contributed by atoms with van der Waals surface area (Å²) in [6.07, 6.45) is 1.84. The van der Waals surface area contributed by atoms with Gasteiger partial charge in [-0.1, -0.05) is 37.6 Å². The molecule has 21 heavy (non-hydrogen) atoms. The van der Waals surface area contributed by atoms with Gasteiger partial charge in [0.15, 0.2) is 0 Å². The first-order valence-electron chi connectivity index (χ1n) is 7.34. The highest BCUT2D eigenvalue weighted by Crippen LogP contribution is 2.17. The molecule has 1 rings (SSSR count). The number of benzene rings is 1. The summed E-state index contributed by atoms with van der Waals surface area (Å²) in [5.41, 5.74) is 1.16. The van der Waals surface area contributed by atoms with Gasteiger partial charge < -0.3 is 10.0 Å². The van der Waals surface area contributed by atoms with Gasteiger partial charge in [-0.2, -0.15) is 0 Å². The van der Waals surface area contributed by atoms with Crippen LogP contribution in [0.1, 0.15) is 32.3 Å². The third kappa shape index (κ3) is 6.29. The third-order valence-corrected chi connectivity index (χ3v) is 4.69. The summed E-state index contributed by atoms with van der Waals surface area (Å²) < 4.78 is 0. The van der Waals surface area contributed by atoms with Gasteiger partial charge in [0, 0.05) is 23.4 Å². The molecule has 0 aliphatic heterocycles. The molecule has 0 aliphatic rings. The highest BCUT2D eigenvalue weighted by atomic mass is 35.5. The van der Waals surface area contributed by atoms with Crippen LogP contribution in [0.4, 0.5) is 0 Å². The summed E-state index contributed by atoms with van der Waals surface area (Å²) in [6, 6.07) is 7.90. The second-order valence-corrected chi connectivity index (χ2v) is 6.32. The van der Waals surface area contributed by atoms with Crippen molar-refractivity contribution >= 4 is 29.3 Å². The molecule has 0 aromatic heterocycles. The molecule has 1 aromatic carbocycles. The van der Waals surface area contributed by atoms with Gasteiger partial charge in [0.2, 0.25) is 5.91 Å². The van der Waals surface area contributed by atoms with Crippen molar-refractivity contribution in [3.8, 4) is 0 Å². The molecule has 3 nitrogen and oxygen atoms in total. The SMILES string of the molecule is CCC(CC)N(CCO)C(=O)CSCc1ccc(Cl)cc1. The van der Waals surface area contributed by atoms with Crippen LogP contribution in [-0.2, 0) is 10.5 Å². The summed E-state index contributed by atoms with van der Waals surface area (Å²) in [5.74, 6) is 1.34. The lowest BCUT2D eigenvalue weighted by Gasteiger charge is -2.30. The van der Waals surface area contributed by atoms with Gasteiger partial charge in [0.25, 0.3) is 0 Å². The van der Waals surface area contributed by atoms with Crippen LogP contribution in [0.2, 0.25) is 5.02 Å². The Morgan fingerprint density at radius 1 is 1.29 bits per heavy atom. The minimum atomic E-state index is 0.0179. The van der Waals surface area contributed by atoms with Crippen LogP contribution in [0, 0.1) is 0 Å². The molecule has 0 radical (unpaired) electrons. The standard InChI is InChI=1S/C16H24ClNO2S/c1-3-15(4-2)18(9-10-19)16(20)12-21-11-13-5-7-14(17)8-6-13/h5-8,15,19H,3-4,9-12H2,1-2H3. The summed E-state index contributed by atoms with van der Waals surface area (Å²) >= 11 is 7.44. The number of amides is 1. The number of nitrogens with zero attached hydrogens (tertiary/aromatic N) is 1. The molecule has 0 atom stereocenters. The fourth-order valence-corrected chi connectivity index (χ4v) is 3.26. The third-order valence-electron chi connectivity index (χ3n) is 3.45. The number of aliphatic hydroxyl groups is 1. The quantitative estimate of drug-likeness (QED) is 0.752. The van der Waals surface area contributed by atoms with E-state index in [9.17, 15) is 4.79 Å². The molecule has 0 heterocycles. The Kier molecular flexibility index (Phi) is 8.81. The lowest BCUT2D eigenvalue weighted by atomic mass is 10.1. The summed E-state index contributed by atoms with van der Waals surface area (Å²) in [7, 11) is 0. The van der Waals surface area contributed by atoms with Crippen molar-refractivity contribution in [3.05, 3.63) is 34.9 Å². The van der Waals surface area contributed by atoms with E-state index in [-0.39, 0.29) is 18.6 Å². The smallest absolute Gasteiger partial charge is 0.232 e. The lowest BCUT2D eigenvalue weighted by molar-refractivity contribution is -0.131. The van der Waals surface area contributed by atoms with Gasteiger partial charge in [-0.15, -0.1) is 11.8 Å². The number of carbonyl (C=O) groups excluding carboxylic acids is 1. The molecule has 0 saturated heterocycles. The van der Waals surface area contributed by atoms with Gasteiger partial charge in [-0.25, -0.2) is 0 Å². The Bertz CT molecular complexity index is 421. The lowest BCUT2D eigenvalue weighted by Crippen LogP contribution is -2.42. The maximum atomic E-state index is 12.3. The zero-order valence-corrected chi connectivity index (χ0v) is 14.3. The Morgan fingerprint density at radius 2 is 1.90 bits per heavy atom. The second kappa shape index (κ2) is 10.1. The second-order valence-electron chi connectivity index (χ2n) is 4.90. The molecule has 1 aromatic rings. The van der Waals surface area contributed by atoms with E-state index in [0.717, 1.165) is 29.2 Å². The van der Waals surface area contributed by atoms with Crippen LogP contribution in [0.25, 0.3) is 0 Å². The number of carbonyl (C=O) groups is 1. The predicted molar refractivity (Wildman–Crippen MR) is 90.8 cm³/mol. The molecule has 0 fully saturated rings. The Hall–Kier alpha value is -0.710. The van der Waals surface area contributed by atoms with E-state index in [2.05, 4.69) is 13.8 Å². The van der Waals surface area contributed by atoms with Gasteiger partial charge in [-0.3, -0.25) is 4.79 Å². The fourth-order valence-electron chi connectivity index (χ4n) is 2.27. The zero-order valence-electron chi connectivity index (χ0n) is 12.7. The van der Waals surface area contributed by atoms with E-state index in [4.69, 9.17) is 16.7 Å². The molecule has 0 spiro atoms. The molecular weight excluding hydrogens is 306 g/mol. The van der Waals surface area contributed by atoms with Crippen LogP contribution < -0.4 is 0 Å². The topological polar surface area (TPSA) is 40.5 Å². The van der Waals surface area contributed by atoms with Crippen LogP contribution in [0.5, 0.6) is 0 Å². The zero-order chi connectivity index (χ0) is 15.7. The van der Waals surface area contributed by atoms with E-state index in [0.29, 0.717) is 12.3 Å². The van der Waals surface area contributed by atoms with Crippen molar-refractivity contribution in [2.24, 2.45) is 0 Å². The molecule has 0 unspecified atom stereocenters. The van der Waals surface area contributed by atoms with E-state index in [1.54, 1.807) is 11.8 Å². The maximum absolute atomic E-state index is 12.3. The van der Waals surface area contributed by atoms with E-state index in [1.165, 1.54) is 0 Å². The number of aliphatic hydroxyl groups excluding tert-OH is 1. The monoisotopic (exact) mass is 329 g/mol. The molecule has 1 amide bonds. The number of rotatable bonds is 9. The predicted octanol–water partition coefficient (Wildman–Crippen LogP) is 3.58. The number of hydrogen-bond donors (Lipinski definition) is 1. The molecule has 118 valence electrons. The van der Waals surface area contributed by atoms with Crippen LogP contribution in [0.3, 0.4) is 0 Å². The van der Waals surface area contributed by atoms with Gasteiger partial charge in [0.1, 0.15) is 0 Å². The van der Waals surface area contributed by atoms with Crippen LogP contribution >= 0.6 is 23.4 Å². The van der Waals surface area contributed by atoms with E-state index < -0.39 is 0 Å². The minimum absolute atomic E-state index is 0.0179. The van der Waals surface area contributed by atoms with Crippen LogP contribution in [0.15, 0.2) is 24.3 Å². The molecule has 0 aliphatic carbocycles.